The number of hydrogen-bond donors (Lipinski definition) is 4. The zero-order valence-electron chi connectivity index (χ0n) is 20.2. The number of nitrogen functional groups attached to an aromatic ring is 1. The van der Waals surface area contributed by atoms with E-state index in [1.54, 1.807) is 0 Å². The van der Waals surface area contributed by atoms with Gasteiger partial charge in [-0.15, -0.1) is 0 Å². The zero-order chi connectivity index (χ0) is 28.0. The number of aromatic nitrogens is 2. The van der Waals surface area contributed by atoms with Crippen LogP contribution in [0.3, 0.4) is 0 Å². The first kappa shape index (κ1) is 30.7. The Bertz CT molecular complexity index is 1070. The van der Waals surface area contributed by atoms with Crippen molar-refractivity contribution in [2.24, 2.45) is 0 Å². The number of aliphatic hydroxyl groups excluding tert-OH is 1. The fourth-order valence-corrected chi connectivity index (χ4v) is 3.46. The van der Waals surface area contributed by atoms with E-state index >= 15 is 0 Å². The van der Waals surface area contributed by atoms with E-state index in [4.69, 9.17) is 10.5 Å². The van der Waals surface area contributed by atoms with Gasteiger partial charge in [-0.05, 0) is 26.8 Å². The molecule has 15 nitrogen and oxygen atoms in total. The molecule has 0 spiro atoms. The van der Waals surface area contributed by atoms with Crippen LogP contribution in [0.1, 0.15) is 33.4 Å². The van der Waals surface area contributed by atoms with Crippen molar-refractivity contribution in [3.05, 3.63) is 22.7 Å². The number of aliphatic hydroxyl groups is 1. The molecule has 1 aliphatic heterocycles. The number of anilines is 1. The van der Waals surface area contributed by atoms with Gasteiger partial charge in [-0.3, -0.25) is 13.9 Å². The molecule has 2 heterocycles. The van der Waals surface area contributed by atoms with E-state index in [1.165, 1.54) is 0 Å². The highest BCUT2D eigenvalue weighted by Crippen LogP contribution is 2.46. The molecule has 210 valence electrons. The number of carbonyl (C=O) groups excluding carboxylic acids is 2. The van der Waals surface area contributed by atoms with Gasteiger partial charge >= 0.3 is 31.4 Å². The molecule has 1 aromatic rings. The van der Waals surface area contributed by atoms with Crippen LogP contribution in [0.15, 0.2) is 17.1 Å². The van der Waals surface area contributed by atoms with E-state index in [2.05, 4.69) is 28.8 Å². The first-order valence-electron chi connectivity index (χ1n) is 10.8. The fraction of sp³-hybridized carbons (Fsp3) is 0.684. The average Bonchev–Trinajstić information content (AvgIpc) is 2.99. The third kappa shape index (κ3) is 9.37. The monoisotopic (exact) mass is 558 g/mol. The van der Waals surface area contributed by atoms with Crippen molar-refractivity contribution in [3.8, 4) is 0 Å². The Hall–Kier alpha value is -2.53. The SMILES string of the molecule is CC(C)(C)NCCC(=O)OCC(=O)OCOP(=O)(O)OC[C@H]1O[C@@H](n2ccc(N)nc2=O)C(F)(F)[C@@H]1O. The molecule has 5 N–H and O–H groups in total. The number of ether oxygens (including phenoxy) is 3. The highest BCUT2D eigenvalue weighted by atomic mass is 31.2. The third-order valence-electron chi connectivity index (χ3n) is 4.66. The Labute approximate surface area is 209 Å². The van der Waals surface area contributed by atoms with Gasteiger partial charge in [-0.1, -0.05) is 0 Å². The van der Waals surface area contributed by atoms with Crippen LogP contribution in [0.25, 0.3) is 0 Å². The van der Waals surface area contributed by atoms with Gasteiger partial charge in [0.2, 0.25) is 13.0 Å². The smallest absolute Gasteiger partial charge is 0.454 e. The van der Waals surface area contributed by atoms with Crippen LogP contribution in [0.4, 0.5) is 14.6 Å². The van der Waals surface area contributed by atoms with Crippen LogP contribution in [-0.4, -0.2) is 81.7 Å². The lowest BCUT2D eigenvalue weighted by Gasteiger charge is -2.20. The van der Waals surface area contributed by atoms with Crippen LogP contribution in [0, 0.1) is 0 Å². The molecule has 0 aliphatic carbocycles. The number of halogens is 2. The summed E-state index contributed by atoms with van der Waals surface area (Å²) in [6.07, 6.45) is -5.83. The molecule has 0 radical (unpaired) electrons. The van der Waals surface area contributed by atoms with Crippen LogP contribution >= 0.6 is 7.82 Å². The maximum absolute atomic E-state index is 14.5. The van der Waals surface area contributed by atoms with Gasteiger partial charge in [0.15, 0.2) is 12.7 Å². The van der Waals surface area contributed by atoms with Gasteiger partial charge in [0.25, 0.3) is 0 Å². The van der Waals surface area contributed by atoms with Gasteiger partial charge in [0.1, 0.15) is 11.9 Å². The van der Waals surface area contributed by atoms with E-state index in [0.717, 1.165) is 12.3 Å². The molecule has 0 saturated carbocycles. The number of rotatable bonds is 12. The van der Waals surface area contributed by atoms with Crippen molar-refractivity contribution in [2.75, 3.05) is 32.3 Å². The quantitative estimate of drug-likeness (QED) is 0.147. The van der Waals surface area contributed by atoms with Crippen molar-refractivity contribution in [2.45, 2.75) is 57.1 Å². The molecule has 2 rings (SSSR count). The van der Waals surface area contributed by atoms with E-state index in [9.17, 15) is 37.7 Å². The van der Waals surface area contributed by atoms with Crippen LogP contribution in [0.5, 0.6) is 0 Å². The summed E-state index contributed by atoms with van der Waals surface area (Å²) in [5.41, 5.74) is 3.92. The van der Waals surface area contributed by atoms with Crippen molar-refractivity contribution in [1.82, 2.24) is 14.9 Å². The average molecular weight is 558 g/mol. The lowest BCUT2D eigenvalue weighted by atomic mass is 10.1. The molecule has 37 heavy (non-hydrogen) atoms. The summed E-state index contributed by atoms with van der Waals surface area (Å²) in [7, 11) is -4.97. The minimum absolute atomic E-state index is 0.0147. The molecular formula is C19H29F2N4O11P. The Morgan fingerprint density at radius 1 is 1.30 bits per heavy atom. The summed E-state index contributed by atoms with van der Waals surface area (Å²) in [6, 6.07) is 1.05. The molecule has 1 aromatic heterocycles. The summed E-state index contributed by atoms with van der Waals surface area (Å²) in [6.45, 7) is 3.06. The second kappa shape index (κ2) is 12.3. The highest BCUT2D eigenvalue weighted by Gasteiger charge is 2.60. The minimum Gasteiger partial charge on any atom is -0.454 e. The number of nitrogens with two attached hydrogens (primary N) is 1. The molecular weight excluding hydrogens is 529 g/mol. The number of nitrogens with zero attached hydrogens (tertiary/aromatic N) is 2. The number of carbonyl (C=O) groups is 2. The second-order valence-corrected chi connectivity index (χ2v) is 10.3. The standard InChI is InChI=1S/C19H29F2N4O11P/c1-18(2,3)23-6-4-13(26)32-9-14(27)33-10-35-37(30,31)34-8-11-15(28)19(20,21)16(36-11)25-7-5-12(22)24-17(25)29/h5,7,11,15-16,23,28H,4,6,8-10H2,1-3H3,(H,30,31)(H2,22,24,29)/t11-,15-,16-/m1/s1. The summed E-state index contributed by atoms with van der Waals surface area (Å²) in [4.78, 5) is 48.0. The lowest BCUT2D eigenvalue weighted by Crippen LogP contribution is -2.41. The second-order valence-electron chi connectivity index (χ2n) is 8.80. The number of alkyl halides is 2. The van der Waals surface area contributed by atoms with Crippen LogP contribution in [0.2, 0.25) is 0 Å². The number of esters is 2. The Kier molecular flexibility index (Phi) is 10.2. The molecule has 1 saturated heterocycles. The molecule has 0 aromatic carbocycles. The summed E-state index contributed by atoms with van der Waals surface area (Å²) in [5, 5.41) is 12.9. The van der Waals surface area contributed by atoms with Gasteiger partial charge < -0.3 is 35.3 Å². The van der Waals surface area contributed by atoms with Crippen molar-refractivity contribution < 1.29 is 56.2 Å². The van der Waals surface area contributed by atoms with Crippen molar-refractivity contribution >= 4 is 25.6 Å². The van der Waals surface area contributed by atoms with Gasteiger partial charge in [0.05, 0.1) is 13.0 Å². The van der Waals surface area contributed by atoms with Crippen LogP contribution in [-0.2, 0) is 37.4 Å². The molecule has 0 bridgehead atoms. The predicted octanol–water partition coefficient (Wildman–Crippen LogP) is -0.325. The maximum atomic E-state index is 14.5. The number of phosphoric acid groups is 1. The number of nitrogens with one attached hydrogen (secondary N) is 1. The maximum Gasteiger partial charge on any atom is 0.475 e. The molecule has 18 heteroatoms. The van der Waals surface area contributed by atoms with E-state index in [0.29, 0.717) is 11.1 Å². The number of phosphoric ester groups is 1. The van der Waals surface area contributed by atoms with E-state index in [-0.39, 0.29) is 17.8 Å². The normalized spacial score (nSPS) is 22.8. The third-order valence-corrected chi connectivity index (χ3v) is 5.56. The van der Waals surface area contributed by atoms with Gasteiger partial charge in [0, 0.05) is 18.3 Å². The summed E-state index contributed by atoms with van der Waals surface area (Å²) < 4.78 is 64.3. The van der Waals surface area contributed by atoms with E-state index in [1.807, 2.05) is 20.8 Å². The minimum atomic E-state index is -4.97. The number of hydrogen-bond acceptors (Lipinski definition) is 13. The Morgan fingerprint density at radius 3 is 2.59 bits per heavy atom. The predicted molar refractivity (Wildman–Crippen MR) is 119 cm³/mol. The lowest BCUT2D eigenvalue weighted by molar-refractivity contribution is -0.163. The molecule has 0 amide bonds. The fourth-order valence-electron chi connectivity index (χ4n) is 2.87. The topological polar surface area (TPSA) is 211 Å². The first-order valence-corrected chi connectivity index (χ1v) is 12.3. The first-order chi connectivity index (χ1) is 17.0. The van der Waals surface area contributed by atoms with Crippen molar-refractivity contribution in [1.29, 1.82) is 0 Å². The molecule has 1 unspecified atom stereocenters. The largest absolute Gasteiger partial charge is 0.475 e. The summed E-state index contributed by atoms with van der Waals surface area (Å²) in [5.74, 6) is -6.02. The van der Waals surface area contributed by atoms with E-state index < -0.39 is 69.8 Å². The van der Waals surface area contributed by atoms with Crippen LogP contribution < -0.4 is 16.7 Å². The Balaban J connectivity index is 1.77. The Morgan fingerprint density at radius 2 is 1.97 bits per heavy atom. The van der Waals surface area contributed by atoms with Gasteiger partial charge in [-0.25, -0.2) is 18.7 Å². The van der Waals surface area contributed by atoms with Crippen molar-refractivity contribution in [3.63, 3.8) is 0 Å². The molecule has 1 aliphatic rings. The molecule has 1 fully saturated rings. The summed E-state index contributed by atoms with van der Waals surface area (Å²) >= 11 is 0. The molecule has 4 atom stereocenters. The highest BCUT2D eigenvalue weighted by molar-refractivity contribution is 7.47. The zero-order valence-corrected chi connectivity index (χ0v) is 21.1. The van der Waals surface area contributed by atoms with Gasteiger partial charge in [-0.2, -0.15) is 13.8 Å².